The maximum absolute atomic E-state index is 12.3. The average molecular weight is 414 g/mol. The zero-order chi connectivity index (χ0) is 21.4. The fraction of sp³-hybridized carbons (Fsp3) is 0.238. The molecule has 2 amide bonds. The van der Waals surface area contributed by atoms with Crippen LogP contribution in [0.4, 0.5) is 5.69 Å². The summed E-state index contributed by atoms with van der Waals surface area (Å²) in [6.07, 6.45) is 0. The Kier molecular flexibility index (Phi) is 7.97. The second kappa shape index (κ2) is 10.4. The number of rotatable bonds is 8. The van der Waals surface area contributed by atoms with E-state index in [1.807, 2.05) is 0 Å². The molecule has 0 fully saturated rings. The predicted octanol–water partition coefficient (Wildman–Crippen LogP) is 2.87. The normalized spacial score (nSPS) is 10.2. The first kappa shape index (κ1) is 22.2. The van der Waals surface area contributed by atoms with Gasteiger partial charge in [-0.3, -0.25) is 14.4 Å². The molecule has 0 radical (unpaired) electrons. The van der Waals surface area contributed by atoms with E-state index in [-0.39, 0.29) is 17.4 Å². The number of nitrogens with zero attached hydrogens (tertiary/aromatic N) is 1. The summed E-state index contributed by atoms with van der Waals surface area (Å²) in [7, 11) is 3.31. The van der Waals surface area contributed by atoms with Crippen LogP contribution >= 0.6 is 11.8 Å². The molecule has 0 aromatic heterocycles. The molecule has 0 bridgehead atoms. The summed E-state index contributed by atoms with van der Waals surface area (Å²) in [5.41, 5.74) is 1.29. The van der Waals surface area contributed by atoms with E-state index in [9.17, 15) is 19.2 Å². The largest absolute Gasteiger partial charge is 0.452 e. The summed E-state index contributed by atoms with van der Waals surface area (Å²) < 4.78 is 5.09. The molecule has 0 aliphatic carbocycles. The highest BCUT2D eigenvalue weighted by Gasteiger charge is 2.15. The van der Waals surface area contributed by atoms with Crippen LogP contribution in [0.3, 0.4) is 0 Å². The lowest BCUT2D eigenvalue weighted by molar-refractivity contribution is -0.119. The number of carbonyl (C=O) groups is 4. The molecule has 1 N–H and O–H groups in total. The van der Waals surface area contributed by atoms with E-state index in [2.05, 4.69) is 5.32 Å². The van der Waals surface area contributed by atoms with Gasteiger partial charge in [0, 0.05) is 30.2 Å². The molecule has 0 spiro atoms. The number of anilines is 1. The first-order valence-electron chi connectivity index (χ1n) is 8.78. The molecule has 0 heterocycles. The first-order valence-corrected chi connectivity index (χ1v) is 9.76. The summed E-state index contributed by atoms with van der Waals surface area (Å²) in [5, 5.41) is 2.61. The zero-order valence-corrected chi connectivity index (χ0v) is 17.2. The fourth-order valence-corrected chi connectivity index (χ4v) is 3.14. The van der Waals surface area contributed by atoms with Crippen molar-refractivity contribution in [1.82, 2.24) is 4.90 Å². The SMILES string of the molecule is CC(=O)CSc1ccccc1C(=O)OCC(=O)Nc1ccc(C(=O)N(C)C)cc1. The van der Waals surface area contributed by atoms with Crippen molar-refractivity contribution >= 4 is 41.0 Å². The van der Waals surface area contributed by atoms with Crippen LogP contribution in [0.1, 0.15) is 27.6 Å². The Hall–Kier alpha value is -3.13. The van der Waals surface area contributed by atoms with Crippen molar-refractivity contribution in [2.45, 2.75) is 11.8 Å². The number of nitrogens with one attached hydrogen (secondary N) is 1. The van der Waals surface area contributed by atoms with Crippen molar-refractivity contribution in [1.29, 1.82) is 0 Å². The number of thioether (sulfide) groups is 1. The van der Waals surface area contributed by atoms with Gasteiger partial charge in [0.2, 0.25) is 0 Å². The Bertz CT molecular complexity index is 910. The molecule has 2 aromatic rings. The van der Waals surface area contributed by atoms with Gasteiger partial charge < -0.3 is 15.0 Å². The van der Waals surface area contributed by atoms with E-state index in [1.165, 1.54) is 23.6 Å². The second-order valence-electron chi connectivity index (χ2n) is 6.39. The van der Waals surface area contributed by atoms with Crippen LogP contribution in [0.5, 0.6) is 0 Å². The molecule has 0 saturated heterocycles. The van der Waals surface area contributed by atoms with E-state index in [0.717, 1.165) is 0 Å². The third kappa shape index (κ3) is 6.76. The number of Topliss-reactive ketones (excluding diaryl/α,β-unsaturated/α-hetero) is 1. The molecule has 0 aliphatic heterocycles. The van der Waals surface area contributed by atoms with E-state index >= 15 is 0 Å². The quantitative estimate of drug-likeness (QED) is 0.527. The number of esters is 1. The van der Waals surface area contributed by atoms with Crippen molar-refractivity contribution in [3.05, 3.63) is 59.7 Å². The van der Waals surface area contributed by atoms with Gasteiger partial charge in [-0.1, -0.05) is 12.1 Å². The molecular formula is C21H22N2O5S. The second-order valence-corrected chi connectivity index (χ2v) is 7.41. The van der Waals surface area contributed by atoms with Gasteiger partial charge in [-0.2, -0.15) is 0 Å². The Morgan fingerprint density at radius 3 is 2.28 bits per heavy atom. The van der Waals surface area contributed by atoms with Crippen LogP contribution in [0, 0.1) is 0 Å². The molecule has 2 aromatic carbocycles. The van der Waals surface area contributed by atoms with E-state index in [4.69, 9.17) is 4.74 Å². The Morgan fingerprint density at radius 1 is 1.00 bits per heavy atom. The highest BCUT2D eigenvalue weighted by atomic mass is 32.2. The minimum absolute atomic E-state index is 0.00384. The van der Waals surface area contributed by atoms with Gasteiger partial charge >= 0.3 is 5.97 Å². The van der Waals surface area contributed by atoms with Crippen molar-refractivity contribution < 1.29 is 23.9 Å². The number of ketones is 1. The maximum Gasteiger partial charge on any atom is 0.339 e. The minimum atomic E-state index is -0.640. The number of hydrogen-bond donors (Lipinski definition) is 1. The molecule has 8 heteroatoms. The van der Waals surface area contributed by atoms with Gasteiger partial charge in [-0.15, -0.1) is 11.8 Å². The molecule has 29 heavy (non-hydrogen) atoms. The molecule has 7 nitrogen and oxygen atoms in total. The number of benzene rings is 2. The van der Waals surface area contributed by atoms with Crippen LogP contribution < -0.4 is 5.32 Å². The predicted molar refractivity (Wildman–Crippen MR) is 111 cm³/mol. The number of amides is 2. The van der Waals surface area contributed by atoms with E-state index < -0.39 is 18.5 Å². The van der Waals surface area contributed by atoms with Gasteiger partial charge in [-0.05, 0) is 43.3 Å². The third-order valence-electron chi connectivity index (χ3n) is 3.69. The molecule has 0 aliphatic rings. The van der Waals surface area contributed by atoms with E-state index in [0.29, 0.717) is 21.7 Å². The Labute approximate surface area is 173 Å². The lowest BCUT2D eigenvalue weighted by atomic mass is 10.2. The Morgan fingerprint density at radius 2 is 1.66 bits per heavy atom. The highest BCUT2D eigenvalue weighted by molar-refractivity contribution is 8.00. The van der Waals surface area contributed by atoms with E-state index in [1.54, 1.807) is 62.6 Å². The monoisotopic (exact) mass is 414 g/mol. The molecule has 2 rings (SSSR count). The topological polar surface area (TPSA) is 92.8 Å². The molecule has 152 valence electrons. The number of carbonyl (C=O) groups excluding carboxylic acids is 4. The Balaban J connectivity index is 1.92. The van der Waals surface area contributed by atoms with Crippen molar-refractivity contribution in [3.8, 4) is 0 Å². The number of ether oxygens (including phenoxy) is 1. The van der Waals surface area contributed by atoms with Crippen LogP contribution in [-0.2, 0) is 14.3 Å². The lowest BCUT2D eigenvalue weighted by Crippen LogP contribution is -2.22. The molecule has 0 saturated carbocycles. The van der Waals surface area contributed by atoms with Crippen LogP contribution in [0.15, 0.2) is 53.4 Å². The summed E-state index contributed by atoms with van der Waals surface area (Å²) in [5.74, 6) is -1.04. The number of hydrogen-bond acceptors (Lipinski definition) is 6. The van der Waals surface area contributed by atoms with Gasteiger partial charge in [0.15, 0.2) is 6.61 Å². The van der Waals surface area contributed by atoms with Gasteiger partial charge in [0.05, 0.1) is 11.3 Å². The summed E-state index contributed by atoms with van der Waals surface area (Å²) >= 11 is 1.24. The van der Waals surface area contributed by atoms with Crippen molar-refractivity contribution in [2.24, 2.45) is 0 Å². The van der Waals surface area contributed by atoms with Crippen LogP contribution in [0.2, 0.25) is 0 Å². The average Bonchev–Trinajstić information content (AvgIpc) is 2.70. The molecule has 0 atom stereocenters. The van der Waals surface area contributed by atoms with Crippen molar-refractivity contribution in [3.63, 3.8) is 0 Å². The highest BCUT2D eigenvalue weighted by Crippen LogP contribution is 2.23. The van der Waals surface area contributed by atoms with Crippen molar-refractivity contribution in [2.75, 3.05) is 31.8 Å². The van der Waals surface area contributed by atoms with Gasteiger partial charge in [0.25, 0.3) is 11.8 Å². The standard InChI is InChI=1S/C21H22N2O5S/c1-14(24)13-29-18-7-5-4-6-17(18)21(27)28-12-19(25)22-16-10-8-15(9-11-16)20(26)23(2)3/h4-11H,12-13H2,1-3H3,(H,22,25). The summed E-state index contributed by atoms with van der Waals surface area (Å²) in [6, 6.07) is 13.2. The van der Waals surface area contributed by atoms with Crippen LogP contribution in [0.25, 0.3) is 0 Å². The lowest BCUT2D eigenvalue weighted by Gasteiger charge is -2.11. The molecular weight excluding hydrogens is 392 g/mol. The summed E-state index contributed by atoms with van der Waals surface area (Å²) in [6.45, 7) is 1.02. The minimum Gasteiger partial charge on any atom is -0.452 e. The fourth-order valence-electron chi connectivity index (χ4n) is 2.30. The smallest absolute Gasteiger partial charge is 0.339 e. The molecule has 0 unspecified atom stereocenters. The zero-order valence-electron chi connectivity index (χ0n) is 16.4. The van der Waals surface area contributed by atoms with Gasteiger partial charge in [0.1, 0.15) is 5.78 Å². The van der Waals surface area contributed by atoms with Crippen LogP contribution in [-0.4, -0.2) is 54.9 Å². The van der Waals surface area contributed by atoms with Gasteiger partial charge in [-0.25, -0.2) is 4.79 Å². The summed E-state index contributed by atoms with van der Waals surface area (Å²) in [4.78, 5) is 49.5. The third-order valence-corrected chi connectivity index (χ3v) is 4.91. The first-order chi connectivity index (χ1) is 13.8. The maximum atomic E-state index is 12.3.